The lowest BCUT2D eigenvalue weighted by molar-refractivity contribution is -0.164. The molecule has 0 saturated heterocycles. The smallest absolute Gasteiger partial charge is 0.244 e. The molecule has 9 heteroatoms. The Kier molecular flexibility index (Phi) is 9.72. The topological polar surface area (TPSA) is 65.1 Å². The molecule has 1 aliphatic heterocycles. The maximum absolute atomic E-state index is 13.7. The van der Waals surface area contributed by atoms with E-state index < -0.39 is 36.8 Å². The number of ether oxygens (including phenoxy) is 2. The van der Waals surface area contributed by atoms with Crippen molar-refractivity contribution in [2.75, 3.05) is 19.8 Å². The number of benzene rings is 1. The molecule has 0 radical (unpaired) electrons. The molecule has 0 aromatic heterocycles. The molecule has 0 bridgehead atoms. The van der Waals surface area contributed by atoms with Gasteiger partial charge in [-0.1, -0.05) is 67.1 Å². The Hall–Kier alpha value is -0.813. The zero-order chi connectivity index (χ0) is 25.0. The third-order valence-corrected chi connectivity index (χ3v) is 12.8. The molecule has 2 rings (SSSR count). The summed E-state index contributed by atoms with van der Waals surface area (Å²) in [6.07, 6.45) is 2.54. The fraction of sp³-hybridized carbons (Fsp3) is 0.583. The Morgan fingerprint density at radius 1 is 1.21 bits per heavy atom. The highest BCUT2D eigenvalue weighted by molar-refractivity contribution is 9.11. The maximum atomic E-state index is 13.7. The van der Waals surface area contributed by atoms with Crippen molar-refractivity contribution in [3.63, 3.8) is 0 Å². The molecule has 186 valence electrons. The van der Waals surface area contributed by atoms with E-state index in [1.807, 2.05) is 19.9 Å². The first-order valence-corrected chi connectivity index (χ1v) is 16.3. The standard InChI is InChI=1S/C24H38BrNO5SSi/c1-9-29-23-15-14-21(22(31-23)17-30-33(7,8)24(4,5)6)26(16-19(3)25)32(27,28)20-12-10-18(2)11-13-20/h10-15,21-23H,3,9,16-17H2,1-2,4-8H3/t21-,22+,23-/m0/s1. The third kappa shape index (κ3) is 7.33. The summed E-state index contributed by atoms with van der Waals surface area (Å²) in [4.78, 5) is 0.228. The van der Waals surface area contributed by atoms with Crippen molar-refractivity contribution < 1.29 is 22.3 Å². The third-order valence-electron chi connectivity index (χ3n) is 6.19. The zero-order valence-corrected chi connectivity index (χ0v) is 24.2. The molecule has 1 aliphatic rings. The van der Waals surface area contributed by atoms with E-state index in [1.165, 1.54) is 4.31 Å². The van der Waals surface area contributed by atoms with Gasteiger partial charge < -0.3 is 13.9 Å². The van der Waals surface area contributed by atoms with E-state index in [4.69, 9.17) is 13.9 Å². The van der Waals surface area contributed by atoms with Gasteiger partial charge in [-0.2, -0.15) is 4.31 Å². The SMILES string of the molecule is C=C(Br)CN([C@H]1C=C[C@@H](OCC)O[C@@H]1CO[Si](C)(C)C(C)(C)C)S(=O)(=O)c1ccc(C)cc1. The summed E-state index contributed by atoms with van der Waals surface area (Å²) in [7, 11) is -5.91. The minimum Gasteiger partial charge on any atom is -0.414 e. The molecule has 6 nitrogen and oxygen atoms in total. The summed E-state index contributed by atoms with van der Waals surface area (Å²) < 4.78 is 47.7. The predicted molar refractivity (Wildman–Crippen MR) is 140 cm³/mol. The summed E-state index contributed by atoms with van der Waals surface area (Å²) in [5.41, 5.74) is 0.992. The van der Waals surface area contributed by atoms with Crippen LogP contribution in [-0.2, 0) is 23.9 Å². The van der Waals surface area contributed by atoms with Crippen LogP contribution < -0.4 is 0 Å². The van der Waals surface area contributed by atoms with Crippen LogP contribution in [0.2, 0.25) is 18.1 Å². The van der Waals surface area contributed by atoms with Gasteiger partial charge in [0, 0.05) is 17.6 Å². The van der Waals surface area contributed by atoms with Crippen molar-refractivity contribution in [3.05, 3.63) is 53.0 Å². The Labute approximate surface area is 209 Å². The molecule has 0 fully saturated rings. The van der Waals surface area contributed by atoms with Gasteiger partial charge in [0.25, 0.3) is 0 Å². The molecule has 3 atom stereocenters. The van der Waals surface area contributed by atoms with Crippen molar-refractivity contribution in [2.45, 2.75) is 76.1 Å². The fourth-order valence-corrected chi connectivity index (χ4v) is 6.23. The van der Waals surface area contributed by atoms with Crippen molar-refractivity contribution in [1.29, 1.82) is 0 Å². The number of halogens is 1. The monoisotopic (exact) mass is 559 g/mol. The van der Waals surface area contributed by atoms with Gasteiger partial charge >= 0.3 is 0 Å². The lowest BCUT2D eigenvalue weighted by Gasteiger charge is -2.41. The highest BCUT2D eigenvalue weighted by Crippen LogP contribution is 2.37. The van der Waals surface area contributed by atoms with Gasteiger partial charge in [-0.05, 0) is 50.2 Å². The first-order valence-electron chi connectivity index (χ1n) is 11.2. The van der Waals surface area contributed by atoms with Gasteiger partial charge in [-0.25, -0.2) is 8.42 Å². The number of sulfonamides is 1. The lowest BCUT2D eigenvalue weighted by Crippen LogP contribution is -2.53. The average molecular weight is 561 g/mol. The molecule has 1 aromatic rings. The van der Waals surface area contributed by atoms with Crippen molar-refractivity contribution in [3.8, 4) is 0 Å². The van der Waals surface area contributed by atoms with Gasteiger partial charge in [-0.15, -0.1) is 0 Å². The van der Waals surface area contributed by atoms with E-state index in [0.29, 0.717) is 11.1 Å². The second-order valence-corrected chi connectivity index (χ2v) is 17.6. The maximum Gasteiger partial charge on any atom is 0.244 e. The fourth-order valence-electron chi connectivity index (χ4n) is 3.18. The Bertz CT molecular complexity index is 941. The van der Waals surface area contributed by atoms with Gasteiger partial charge in [0.15, 0.2) is 14.6 Å². The molecule has 33 heavy (non-hydrogen) atoms. The van der Waals surface area contributed by atoms with Gasteiger partial charge in [0.1, 0.15) is 6.10 Å². The van der Waals surface area contributed by atoms with Crippen LogP contribution in [0.5, 0.6) is 0 Å². The molecule has 0 spiro atoms. The van der Waals surface area contributed by atoms with Crippen LogP contribution in [0, 0.1) is 6.92 Å². The summed E-state index contributed by atoms with van der Waals surface area (Å²) in [5, 5.41) is 0.0180. The van der Waals surface area contributed by atoms with Crippen LogP contribution in [0.4, 0.5) is 0 Å². The van der Waals surface area contributed by atoms with Gasteiger partial charge in [-0.3, -0.25) is 0 Å². The Morgan fingerprint density at radius 2 is 1.82 bits per heavy atom. The van der Waals surface area contributed by atoms with Crippen LogP contribution in [0.25, 0.3) is 0 Å². The second-order valence-electron chi connectivity index (χ2n) is 9.83. The lowest BCUT2D eigenvalue weighted by atomic mass is 10.1. The first kappa shape index (κ1) is 28.4. The van der Waals surface area contributed by atoms with Crippen LogP contribution in [-0.4, -0.2) is 59.2 Å². The van der Waals surface area contributed by atoms with Crippen LogP contribution >= 0.6 is 15.9 Å². The van der Waals surface area contributed by atoms with Gasteiger partial charge in [0.2, 0.25) is 10.0 Å². The summed E-state index contributed by atoms with van der Waals surface area (Å²) in [5.74, 6) is 0. The molecule has 0 saturated carbocycles. The van der Waals surface area contributed by atoms with Crippen molar-refractivity contribution in [1.82, 2.24) is 4.31 Å². The number of aryl methyl sites for hydroxylation is 1. The Balaban J connectivity index is 2.45. The molecular weight excluding hydrogens is 522 g/mol. The molecule has 0 amide bonds. The zero-order valence-electron chi connectivity index (χ0n) is 20.8. The quantitative estimate of drug-likeness (QED) is 0.275. The van der Waals surface area contributed by atoms with E-state index in [2.05, 4.69) is 56.4 Å². The molecule has 0 unspecified atom stereocenters. The summed E-state index contributed by atoms with van der Waals surface area (Å²) in [6, 6.07) is 6.28. The van der Waals surface area contributed by atoms with Crippen molar-refractivity contribution in [2.24, 2.45) is 0 Å². The van der Waals surface area contributed by atoms with E-state index in [-0.39, 0.29) is 23.1 Å². The highest BCUT2D eigenvalue weighted by atomic mass is 79.9. The van der Waals surface area contributed by atoms with Crippen LogP contribution in [0.15, 0.2) is 52.4 Å². The summed E-state index contributed by atoms with van der Waals surface area (Å²) >= 11 is 3.36. The minimum atomic E-state index is -3.83. The normalized spacial score (nSPS) is 22.0. The number of hydrogen-bond acceptors (Lipinski definition) is 5. The molecule has 0 aliphatic carbocycles. The Morgan fingerprint density at radius 3 is 2.33 bits per heavy atom. The first-order chi connectivity index (χ1) is 15.2. The average Bonchev–Trinajstić information content (AvgIpc) is 2.70. The molecule has 1 aromatic carbocycles. The minimum absolute atomic E-state index is 0.0180. The number of nitrogens with zero attached hydrogens (tertiary/aromatic N) is 1. The van der Waals surface area contributed by atoms with E-state index in [0.717, 1.165) is 5.56 Å². The van der Waals surface area contributed by atoms with Gasteiger partial charge in [0.05, 0.1) is 17.5 Å². The van der Waals surface area contributed by atoms with Crippen molar-refractivity contribution >= 4 is 34.3 Å². The second kappa shape index (κ2) is 11.3. The van der Waals surface area contributed by atoms with E-state index in [1.54, 1.807) is 30.3 Å². The van der Waals surface area contributed by atoms with E-state index >= 15 is 0 Å². The van der Waals surface area contributed by atoms with E-state index in [9.17, 15) is 8.42 Å². The molecule has 0 N–H and O–H groups in total. The largest absolute Gasteiger partial charge is 0.414 e. The van der Waals surface area contributed by atoms with Crippen LogP contribution in [0.3, 0.4) is 0 Å². The molecule has 1 heterocycles. The van der Waals surface area contributed by atoms with Crippen LogP contribution in [0.1, 0.15) is 33.3 Å². The predicted octanol–water partition coefficient (Wildman–Crippen LogP) is 5.60. The number of hydrogen-bond donors (Lipinski definition) is 0. The molecular formula is C24H38BrNO5SSi. The highest BCUT2D eigenvalue weighted by Gasteiger charge is 2.42. The number of rotatable bonds is 10. The summed E-state index contributed by atoms with van der Waals surface area (Å²) in [6.45, 7) is 19.4.